The number of rotatable bonds is 3. The van der Waals surface area contributed by atoms with E-state index in [-0.39, 0.29) is 5.78 Å². The molecule has 1 atom stereocenters. The number of amides is 1. The van der Waals surface area contributed by atoms with Gasteiger partial charge in [0.15, 0.2) is 6.10 Å². The molecule has 5 heteroatoms. The van der Waals surface area contributed by atoms with Gasteiger partial charge in [0.25, 0.3) is 0 Å². The summed E-state index contributed by atoms with van der Waals surface area (Å²) in [4.78, 5) is 23.6. The van der Waals surface area contributed by atoms with E-state index >= 15 is 0 Å². The van der Waals surface area contributed by atoms with E-state index < -0.39 is 17.7 Å². The maximum atomic E-state index is 12.0. The van der Waals surface area contributed by atoms with E-state index in [2.05, 4.69) is 21.2 Å². The number of hydrogen-bond donors (Lipinski definition) is 1. The molecule has 0 heterocycles. The summed E-state index contributed by atoms with van der Waals surface area (Å²) < 4.78 is 5.95. The third-order valence-electron chi connectivity index (χ3n) is 2.26. The third-order valence-corrected chi connectivity index (χ3v) is 2.79. The van der Waals surface area contributed by atoms with Gasteiger partial charge in [0, 0.05) is 15.6 Å². The van der Waals surface area contributed by atoms with Gasteiger partial charge in [-0.15, -0.1) is 0 Å². The summed E-state index contributed by atoms with van der Waals surface area (Å²) in [6, 6.07) is 6.92. The number of carbonyl (C=O) groups is 2. The average molecular weight is 328 g/mol. The van der Waals surface area contributed by atoms with Crippen molar-refractivity contribution in [3.05, 3.63) is 34.3 Å². The summed E-state index contributed by atoms with van der Waals surface area (Å²) in [5.74, 6) is -0.225. The van der Waals surface area contributed by atoms with Crippen LogP contribution >= 0.6 is 15.9 Å². The predicted octanol–water partition coefficient (Wildman–Crippen LogP) is 3.55. The van der Waals surface area contributed by atoms with Gasteiger partial charge in [-0.1, -0.05) is 28.1 Å². The molecule has 1 aromatic rings. The van der Waals surface area contributed by atoms with E-state index in [1.165, 1.54) is 0 Å². The molecular weight excluding hydrogens is 310 g/mol. The van der Waals surface area contributed by atoms with Gasteiger partial charge in [0.2, 0.25) is 5.78 Å². The molecule has 0 radical (unpaired) electrons. The summed E-state index contributed by atoms with van der Waals surface area (Å²) in [7, 11) is 0. The fourth-order valence-corrected chi connectivity index (χ4v) is 1.66. The summed E-state index contributed by atoms with van der Waals surface area (Å²) in [6.45, 7) is 7.09. The van der Waals surface area contributed by atoms with Crippen LogP contribution in [0.4, 0.5) is 4.79 Å². The lowest BCUT2D eigenvalue weighted by atomic mass is 10.1. The largest absolute Gasteiger partial charge is 0.438 e. The first-order valence-corrected chi connectivity index (χ1v) is 6.77. The number of halogens is 1. The van der Waals surface area contributed by atoms with Crippen LogP contribution in [0.15, 0.2) is 28.7 Å². The summed E-state index contributed by atoms with van der Waals surface area (Å²) in [6.07, 6.45) is -1.41. The standard InChI is InChI=1S/C14H18BrNO3/c1-9(19-13(18)16-14(2,3)4)12(17)10-5-7-11(15)8-6-10/h5-9H,1-4H3,(H,16,18)/t9-/m0/s1. The highest BCUT2D eigenvalue weighted by molar-refractivity contribution is 9.10. The fraction of sp³-hybridized carbons (Fsp3) is 0.429. The van der Waals surface area contributed by atoms with Gasteiger partial charge < -0.3 is 10.1 Å². The minimum atomic E-state index is -0.816. The van der Waals surface area contributed by atoms with Crippen molar-refractivity contribution in [2.75, 3.05) is 0 Å². The first kappa shape index (κ1) is 15.7. The van der Waals surface area contributed by atoms with Crippen LogP contribution in [0.5, 0.6) is 0 Å². The highest BCUT2D eigenvalue weighted by Gasteiger charge is 2.22. The second kappa shape index (κ2) is 6.19. The minimum Gasteiger partial charge on any atom is -0.438 e. The Morgan fingerprint density at radius 3 is 2.21 bits per heavy atom. The molecule has 0 aromatic heterocycles. The van der Waals surface area contributed by atoms with Crippen molar-refractivity contribution < 1.29 is 14.3 Å². The van der Waals surface area contributed by atoms with Crippen LogP contribution in [-0.4, -0.2) is 23.5 Å². The Morgan fingerprint density at radius 1 is 1.21 bits per heavy atom. The first-order valence-electron chi connectivity index (χ1n) is 5.97. The molecule has 0 unspecified atom stereocenters. The van der Waals surface area contributed by atoms with E-state index in [0.29, 0.717) is 5.56 Å². The quantitative estimate of drug-likeness (QED) is 0.864. The number of carbonyl (C=O) groups excluding carboxylic acids is 2. The van der Waals surface area contributed by atoms with Crippen LogP contribution in [0.1, 0.15) is 38.1 Å². The Kier molecular flexibility index (Phi) is 5.11. The fourth-order valence-electron chi connectivity index (χ4n) is 1.40. The van der Waals surface area contributed by atoms with Crippen LogP contribution in [0.25, 0.3) is 0 Å². The number of ketones is 1. The summed E-state index contributed by atoms with van der Waals surface area (Å²) in [5.41, 5.74) is 0.122. The molecule has 0 aliphatic carbocycles. The molecule has 1 aromatic carbocycles. The molecule has 0 fully saturated rings. The maximum absolute atomic E-state index is 12.0. The third kappa shape index (κ3) is 5.42. The summed E-state index contributed by atoms with van der Waals surface area (Å²) >= 11 is 3.30. The molecule has 1 rings (SSSR count). The second-order valence-corrected chi connectivity index (χ2v) is 6.21. The molecule has 0 spiro atoms. The minimum absolute atomic E-state index is 0.225. The normalized spacial score (nSPS) is 12.7. The Bertz CT molecular complexity index is 463. The zero-order valence-electron chi connectivity index (χ0n) is 11.5. The summed E-state index contributed by atoms with van der Waals surface area (Å²) in [5, 5.41) is 2.64. The van der Waals surface area contributed by atoms with Crippen LogP contribution in [0.2, 0.25) is 0 Å². The maximum Gasteiger partial charge on any atom is 0.408 e. The van der Waals surface area contributed by atoms with Gasteiger partial charge in [-0.05, 0) is 39.8 Å². The van der Waals surface area contributed by atoms with Crippen molar-refractivity contribution in [3.8, 4) is 0 Å². The van der Waals surface area contributed by atoms with E-state index in [0.717, 1.165) is 4.47 Å². The number of ether oxygens (including phenoxy) is 1. The molecule has 0 saturated heterocycles. The van der Waals surface area contributed by atoms with Gasteiger partial charge in [0.1, 0.15) is 0 Å². The number of Topliss-reactive ketones (excluding diaryl/α,β-unsaturated/α-hetero) is 1. The smallest absolute Gasteiger partial charge is 0.408 e. The first-order chi connectivity index (χ1) is 8.69. The number of hydrogen-bond acceptors (Lipinski definition) is 3. The Hall–Kier alpha value is -1.36. The molecule has 1 N–H and O–H groups in total. The van der Waals surface area contributed by atoms with Crippen LogP contribution < -0.4 is 5.32 Å². The van der Waals surface area contributed by atoms with Crippen molar-refractivity contribution in [2.24, 2.45) is 0 Å². The number of nitrogens with one attached hydrogen (secondary N) is 1. The monoisotopic (exact) mass is 327 g/mol. The highest BCUT2D eigenvalue weighted by Crippen LogP contribution is 2.13. The molecule has 0 aliphatic heterocycles. The van der Waals surface area contributed by atoms with E-state index in [1.54, 1.807) is 31.2 Å². The zero-order chi connectivity index (χ0) is 14.6. The topological polar surface area (TPSA) is 55.4 Å². The van der Waals surface area contributed by atoms with Gasteiger partial charge in [-0.2, -0.15) is 0 Å². The molecule has 104 valence electrons. The molecule has 0 saturated carbocycles. The molecule has 1 amide bonds. The lowest BCUT2D eigenvalue weighted by Crippen LogP contribution is -2.43. The van der Waals surface area contributed by atoms with Gasteiger partial charge in [-0.25, -0.2) is 4.79 Å². The van der Waals surface area contributed by atoms with Gasteiger partial charge in [-0.3, -0.25) is 4.79 Å². The van der Waals surface area contributed by atoms with Crippen molar-refractivity contribution in [2.45, 2.75) is 39.3 Å². The molecule has 4 nitrogen and oxygen atoms in total. The van der Waals surface area contributed by atoms with Crippen molar-refractivity contribution >= 4 is 27.8 Å². The molecular formula is C14H18BrNO3. The SMILES string of the molecule is C[C@H](OC(=O)NC(C)(C)C)C(=O)c1ccc(Br)cc1. The number of benzene rings is 1. The lowest BCUT2D eigenvalue weighted by Gasteiger charge is -2.21. The number of alkyl carbamates (subject to hydrolysis) is 1. The van der Waals surface area contributed by atoms with Gasteiger partial charge in [0.05, 0.1) is 0 Å². The predicted molar refractivity (Wildman–Crippen MR) is 77.3 cm³/mol. The van der Waals surface area contributed by atoms with Crippen LogP contribution in [0, 0.1) is 0 Å². The lowest BCUT2D eigenvalue weighted by molar-refractivity contribution is 0.0653. The average Bonchev–Trinajstić information content (AvgIpc) is 2.26. The molecule has 0 bridgehead atoms. The van der Waals surface area contributed by atoms with Gasteiger partial charge >= 0.3 is 6.09 Å². The molecule has 19 heavy (non-hydrogen) atoms. The van der Waals surface area contributed by atoms with E-state index in [1.807, 2.05) is 20.8 Å². The second-order valence-electron chi connectivity index (χ2n) is 5.29. The van der Waals surface area contributed by atoms with Crippen molar-refractivity contribution in [1.82, 2.24) is 5.32 Å². The Morgan fingerprint density at radius 2 is 1.74 bits per heavy atom. The van der Waals surface area contributed by atoms with E-state index in [9.17, 15) is 9.59 Å². The Labute approximate surface area is 121 Å². The van der Waals surface area contributed by atoms with E-state index in [4.69, 9.17) is 4.74 Å². The van der Waals surface area contributed by atoms with Crippen LogP contribution in [-0.2, 0) is 4.74 Å². The van der Waals surface area contributed by atoms with Crippen molar-refractivity contribution in [3.63, 3.8) is 0 Å². The van der Waals surface area contributed by atoms with Crippen molar-refractivity contribution in [1.29, 1.82) is 0 Å². The Balaban J connectivity index is 2.63. The zero-order valence-corrected chi connectivity index (χ0v) is 13.1. The molecule has 0 aliphatic rings. The van der Waals surface area contributed by atoms with Crippen LogP contribution in [0.3, 0.4) is 0 Å². The highest BCUT2D eigenvalue weighted by atomic mass is 79.9.